The van der Waals surface area contributed by atoms with Crippen LogP contribution < -0.4 is 16.8 Å². The molecule has 0 heterocycles. The summed E-state index contributed by atoms with van der Waals surface area (Å²) in [5, 5.41) is 3.29. The van der Waals surface area contributed by atoms with Gasteiger partial charge in [-0.3, -0.25) is 0 Å². The van der Waals surface area contributed by atoms with Gasteiger partial charge in [0.25, 0.3) is 0 Å². The molecule has 0 aliphatic carbocycles. The molecule has 0 fully saturated rings. The molecule has 1 atom stereocenters. The molecule has 0 bridgehead atoms. The second kappa shape index (κ2) is 17.0. The average molecular weight is 393 g/mol. The van der Waals surface area contributed by atoms with Gasteiger partial charge in [-0.2, -0.15) is 0 Å². The van der Waals surface area contributed by atoms with E-state index in [0.717, 1.165) is 11.4 Å². The standard InChI is InChI=1S/C21H24N4.2C2H6/c1-2-3-6-11-17(22)16-20(23)21(24-18-12-7-4-8-13-18)25-19-14-9-5-10-15-19;2*1-2/h2-10,12-16,20H,1,11,22-23H2,(H,24,25);2*1-2H3/b6-3-,17-16-;;. The van der Waals surface area contributed by atoms with Crippen molar-refractivity contribution in [2.75, 3.05) is 5.32 Å². The van der Waals surface area contributed by atoms with Crippen molar-refractivity contribution in [2.24, 2.45) is 16.5 Å². The summed E-state index contributed by atoms with van der Waals surface area (Å²) in [6.45, 7) is 11.6. The molecule has 0 aromatic heterocycles. The summed E-state index contributed by atoms with van der Waals surface area (Å²) < 4.78 is 0. The van der Waals surface area contributed by atoms with Gasteiger partial charge in [-0.25, -0.2) is 4.99 Å². The van der Waals surface area contributed by atoms with Gasteiger partial charge in [0.1, 0.15) is 5.84 Å². The largest absolute Gasteiger partial charge is 0.402 e. The van der Waals surface area contributed by atoms with Gasteiger partial charge in [0.2, 0.25) is 0 Å². The number of allylic oxidation sites excluding steroid dienone is 3. The van der Waals surface area contributed by atoms with Crippen LogP contribution in [0.5, 0.6) is 0 Å². The van der Waals surface area contributed by atoms with E-state index in [1.54, 1.807) is 6.08 Å². The second-order valence-corrected chi connectivity index (χ2v) is 5.46. The van der Waals surface area contributed by atoms with E-state index in [2.05, 4.69) is 16.9 Å². The highest BCUT2D eigenvalue weighted by atomic mass is 15.0. The zero-order valence-corrected chi connectivity index (χ0v) is 18.2. The molecule has 1 unspecified atom stereocenters. The van der Waals surface area contributed by atoms with Gasteiger partial charge in [0.05, 0.1) is 11.7 Å². The van der Waals surface area contributed by atoms with Crippen molar-refractivity contribution in [2.45, 2.75) is 40.2 Å². The normalized spacial score (nSPS) is 12.2. The van der Waals surface area contributed by atoms with Crippen molar-refractivity contribution in [3.63, 3.8) is 0 Å². The topological polar surface area (TPSA) is 76.4 Å². The van der Waals surface area contributed by atoms with E-state index >= 15 is 0 Å². The molecule has 2 aromatic carbocycles. The van der Waals surface area contributed by atoms with E-state index in [1.165, 1.54) is 0 Å². The number of rotatable bonds is 7. The fraction of sp³-hybridized carbons (Fsp3) is 0.240. The van der Waals surface area contributed by atoms with E-state index < -0.39 is 6.04 Å². The highest BCUT2D eigenvalue weighted by molar-refractivity contribution is 6.01. The van der Waals surface area contributed by atoms with Gasteiger partial charge in [0, 0.05) is 17.8 Å². The first-order chi connectivity index (χ1) is 14.2. The van der Waals surface area contributed by atoms with E-state index in [-0.39, 0.29) is 0 Å². The van der Waals surface area contributed by atoms with Crippen LogP contribution in [0.3, 0.4) is 0 Å². The number of amidine groups is 1. The molecule has 2 rings (SSSR count). The summed E-state index contributed by atoms with van der Waals surface area (Å²) in [5.41, 5.74) is 14.8. The molecule has 0 amide bonds. The third-order valence-electron chi connectivity index (χ3n) is 3.39. The Balaban J connectivity index is 0.00000184. The van der Waals surface area contributed by atoms with Crippen molar-refractivity contribution in [3.05, 3.63) is 97.2 Å². The van der Waals surface area contributed by atoms with Crippen LogP contribution in [0, 0.1) is 0 Å². The van der Waals surface area contributed by atoms with Crippen molar-refractivity contribution in [3.8, 4) is 0 Å². The lowest BCUT2D eigenvalue weighted by Crippen LogP contribution is -2.34. The quantitative estimate of drug-likeness (QED) is 0.299. The summed E-state index contributed by atoms with van der Waals surface area (Å²) >= 11 is 0. The molecule has 0 aliphatic rings. The fourth-order valence-electron chi connectivity index (χ4n) is 2.17. The van der Waals surface area contributed by atoms with Crippen molar-refractivity contribution in [1.82, 2.24) is 0 Å². The molecule has 29 heavy (non-hydrogen) atoms. The fourth-order valence-corrected chi connectivity index (χ4v) is 2.17. The number of para-hydroxylation sites is 2. The number of nitrogens with one attached hydrogen (secondary N) is 1. The molecule has 0 saturated carbocycles. The lowest BCUT2D eigenvalue weighted by Gasteiger charge is -2.15. The molecule has 0 spiro atoms. The van der Waals surface area contributed by atoms with Crippen LogP contribution in [0.1, 0.15) is 34.1 Å². The van der Waals surface area contributed by atoms with Crippen molar-refractivity contribution >= 4 is 17.2 Å². The van der Waals surface area contributed by atoms with Crippen LogP contribution in [0.2, 0.25) is 0 Å². The molecule has 2 aromatic rings. The second-order valence-electron chi connectivity index (χ2n) is 5.46. The molecule has 4 nitrogen and oxygen atoms in total. The third-order valence-corrected chi connectivity index (χ3v) is 3.39. The number of hydrogen-bond acceptors (Lipinski definition) is 3. The predicted molar refractivity (Wildman–Crippen MR) is 130 cm³/mol. The maximum Gasteiger partial charge on any atom is 0.128 e. The van der Waals surface area contributed by atoms with Crippen LogP contribution in [0.25, 0.3) is 0 Å². The van der Waals surface area contributed by atoms with E-state index in [0.29, 0.717) is 18.0 Å². The lowest BCUT2D eigenvalue weighted by molar-refractivity contribution is 1.02. The Morgan fingerprint density at radius 1 is 1.00 bits per heavy atom. The minimum absolute atomic E-state index is 0.447. The molecule has 156 valence electrons. The molecule has 4 heteroatoms. The summed E-state index contributed by atoms with van der Waals surface area (Å²) in [4.78, 5) is 4.65. The summed E-state index contributed by atoms with van der Waals surface area (Å²) in [5.74, 6) is 0.632. The highest BCUT2D eigenvalue weighted by Gasteiger charge is 2.10. The molecular weight excluding hydrogens is 356 g/mol. The van der Waals surface area contributed by atoms with Gasteiger partial charge in [-0.15, -0.1) is 0 Å². The molecule has 0 radical (unpaired) electrons. The Bertz CT molecular complexity index is 747. The van der Waals surface area contributed by atoms with Gasteiger partial charge in [-0.05, 0) is 30.3 Å². The van der Waals surface area contributed by atoms with Crippen LogP contribution in [-0.2, 0) is 0 Å². The molecule has 5 N–H and O–H groups in total. The highest BCUT2D eigenvalue weighted by Crippen LogP contribution is 2.14. The maximum atomic E-state index is 6.32. The molecule has 0 aliphatic heterocycles. The van der Waals surface area contributed by atoms with E-state index in [1.807, 2.05) is 107 Å². The smallest absolute Gasteiger partial charge is 0.128 e. The average Bonchev–Trinajstić information content (AvgIpc) is 2.78. The Morgan fingerprint density at radius 2 is 1.55 bits per heavy atom. The first kappa shape index (κ1) is 25.9. The van der Waals surface area contributed by atoms with Gasteiger partial charge < -0.3 is 16.8 Å². The monoisotopic (exact) mass is 392 g/mol. The Labute approximate surface area is 176 Å². The Morgan fingerprint density at radius 3 is 2.10 bits per heavy atom. The number of benzene rings is 2. The number of nitrogens with two attached hydrogens (primary N) is 2. The molecular formula is C25H36N4. The summed E-state index contributed by atoms with van der Waals surface area (Å²) in [7, 11) is 0. The first-order valence-electron chi connectivity index (χ1n) is 10.1. The van der Waals surface area contributed by atoms with Crippen LogP contribution >= 0.6 is 0 Å². The van der Waals surface area contributed by atoms with Crippen LogP contribution in [0.4, 0.5) is 11.4 Å². The SMILES string of the molecule is C=C/C=C\C/C(N)=C/C(N)C(=Nc1ccccc1)Nc1ccccc1.CC.CC. The third kappa shape index (κ3) is 11.4. The van der Waals surface area contributed by atoms with Gasteiger partial charge in [0.15, 0.2) is 0 Å². The zero-order valence-electron chi connectivity index (χ0n) is 18.2. The zero-order chi connectivity index (χ0) is 21.9. The Hall–Kier alpha value is -3.11. The predicted octanol–water partition coefficient (Wildman–Crippen LogP) is 6.18. The van der Waals surface area contributed by atoms with Crippen LogP contribution in [-0.4, -0.2) is 11.9 Å². The number of aliphatic imine (C=N–C) groups is 1. The van der Waals surface area contributed by atoms with E-state index in [4.69, 9.17) is 11.5 Å². The first-order valence-corrected chi connectivity index (χ1v) is 10.1. The van der Waals surface area contributed by atoms with Gasteiger partial charge >= 0.3 is 0 Å². The number of hydrogen-bond donors (Lipinski definition) is 3. The number of nitrogens with zero attached hydrogens (tertiary/aromatic N) is 1. The maximum absolute atomic E-state index is 6.32. The summed E-state index contributed by atoms with van der Waals surface area (Å²) in [6, 6.07) is 19.0. The minimum atomic E-state index is -0.447. The van der Waals surface area contributed by atoms with Crippen molar-refractivity contribution < 1.29 is 0 Å². The summed E-state index contributed by atoms with van der Waals surface area (Å²) in [6.07, 6.45) is 7.93. The van der Waals surface area contributed by atoms with E-state index in [9.17, 15) is 0 Å². The van der Waals surface area contributed by atoms with Crippen LogP contribution in [0.15, 0.2) is 102 Å². The number of anilines is 1. The lowest BCUT2D eigenvalue weighted by atomic mass is 10.1. The van der Waals surface area contributed by atoms with Gasteiger partial charge in [-0.1, -0.05) is 88.9 Å². The minimum Gasteiger partial charge on any atom is -0.402 e. The molecule has 0 saturated heterocycles. The van der Waals surface area contributed by atoms with Crippen molar-refractivity contribution in [1.29, 1.82) is 0 Å². The Kier molecular flexibility index (Phi) is 15.2.